The summed E-state index contributed by atoms with van der Waals surface area (Å²) in [6.45, 7) is 4.84. The molecule has 2 atom stereocenters. The molecule has 1 saturated carbocycles. The highest BCUT2D eigenvalue weighted by Crippen LogP contribution is 2.36. The standard InChI is InChI=1S/C9H14O/c1-7-6-10-9-5-3-2-4-8(7)9/h8-9H,1-6H2/t8-,9-/m0/s1. The van der Waals surface area contributed by atoms with Crippen LogP contribution in [-0.2, 0) is 4.74 Å². The lowest BCUT2D eigenvalue weighted by molar-refractivity contribution is 0.0663. The van der Waals surface area contributed by atoms with Crippen molar-refractivity contribution >= 4 is 0 Å². The van der Waals surface area contributed by atoms with Crippen LogP contribution < -0.4 is 0 Å². The lowest BCUT2D eigenvalue weighted by Crippen LogP contribution is -2.20. The van der Waals surface area contributed by atoms with Gasteiger partial charge >= 0.3 is 0 Å². The van der Waals surface area contributed by atoms with E-state index in [-0.39, 0.29) is 0 Å². The molecule has 0 unspecified atom stereocenters. The van der Waals surface area contributed by atoms with Crippen LogP contribution in [0.25, 0.3) is 0 Å². The summed E-state index contributed by atoms with van der Waals surface area (Å²) in [5.74, 6) is 0.716. The van der Waals surface area contributed by atoms with E-state index in [1.165, 1.54) is 31.3 Å². The normalized spacial score (nSPS) is 39.8. The van der Waals surface area contributed by atoms with Crippen molar-refractivity contribution in [2.75, 3.05) is 6.61 Å². The Hall–Kier alpha value is -0.300. The van der Waals surface area contributed by atoms with Crippen molar-refractivity contribution in [3.05, 3.63) is 12.2 Å². The van der Waals surface area contributed by atoms with E-state index in [4.69, 9.17) is 4.74 Å². The Morgan fingerprint density at radius 1 is 1.30 bits per heavy atom. The Kier molecular flexibility index (Phi) is 1.53. The molecular weight excluding hydrogens is 124 g/mol. The zero-order valence-electron chi connectivity index (χ0n) is 6.31. The molecule has 2 aliphatic rings. The molecule has 2 fully saturated rings. The maximum atomic E-state index is 5.57. The molecule has 0 radical (unpaired) electrons. The number of hydrogen-bond donors (Lipinski definition) is 0. The minimum atomic E-state index is 0.543. The first kappa shape index (κ1) is 6.41. The first-order chi connectivity index (χ1) is 4.88. The lowest BCUT2D eigenvalue weighted by atomic mass is 9.84. The number of rotatable bonds is 0. The fraction of sp³-hybridized carbons (Fsp3) is 0.778. The monoisotopic (exact) mass is 138 g/mol. The van der Waals surface area contributed by atoms with Crippen molar-refractivity contribution < 1.29 is 4.74 Å². The summed E-state index contributed by atoms with van der Waals surface area (Å²) in [4.78, 5) is 0. The second-order valence-corrected chi connectivity index (χ2v) is 3.40. The van der Waals surface area contributed by atoms with Crippen molar-refractivity contribution in [3.8, 4) is 0 Å². The molecule has 0 aromatic carbocycles. The number of hydrogen-bond acceptors (Lipinski definition) is 1. The van der Waals surface area contributed by atoms with E-state index in [1.54, 1.807) is 0 Å². The Morgan fingerprint density at radius 3 is 2.90 bits per heavy atom. The molecule has 1 nitrogen and oxygen atoms in total. The fourth-order valence-corrected chi connectivity index (χ4v) is 2.08. The van der Waals surface area contributed by atoms with Crippen molar-refractivity contribution in [2.45, 2.75) is 31.8 Å². The minimum absolute atomic E-state index is 0.543. The zero-order valence-corrected chi connectivity index (χ0v) is 6.31. The maximum absolute atomic E-state index is 5.57. The third-order valence-electron chi connectivity index (χ3n) is 2.71. The molecule has 2 rings (SSSR count). The van der Waals surface area contributed by atoms with Crippen molar-refractivity contribution in [1.82, 2.24) is 0 Å². The summed E-state index contributed by atoms with van der Waals surface area (Å²) >= 11 is 0. The van der Waals surface area contributed by atoms with E-state index in [9.17, 15) is 0 Å². The molecule has 0 spiro atoms. The van der Waals surface area contributed by atoms with E-state index < -0.39 is 0 Å². The molecule has 1 aliphatic carbocycles. The van der Waals surface area contributed by atoms with Crippen LogP contribution in [0.5, 0.6) is 0 Å². The van der Waals surface area contributed by atoms with Gasteiger partial charge in [-0.2, -0.15) is 0 Å². The molecule has 10 heavy (non-hydrogen) atoms. The van der Waals surface area contributed by atoms with Gasteiger partial charge in [0.05, 0.1) is 12.7 Å². The highest BCUT2D eigenvalue weighted by molar-refractivity contribution is 5.09. The van der Waals surface area contributed by atoms with Gasteiger partial charge in [-0.15, -0.1) is 0 Å². The molecule has 0 bridgehead atoms. The van der Waals surface area contributed by atoms with Gasteiger partial charge in [0.2, 0.25) is 0 Å². The summed E-state index contributed by atoms with van der Waals surface area (Å²) in [7, 11) is 0. The van der Waals surface area contributed by atoms with Crippen LogP contribution in [0.4, 0.5) is 0 Å². The van der Waals surface area contributed by atoms with E-state index in [0.29, 0.717) is 12.0 Å². The Labute approximate surface area is 62.1 Å². The summed E-state index contributed by atoms with van der Waals surface area (Å²) < 4.78 is 5.57. The second-order valence-electron chi connectivity index (χ2n) is 3.40. The average Bonchev–Trinajstić information content (AvgIpc) is 2.34. The molecule has 0 aromatic rings. The van der Waals surface area contributed by atoms with Crippen LogP contribution in [0.2, 0.25) is 0 Å². The molecule has 0 aromatic heterocycles. The highest BCUT2D eigenvalue weighted by atomic mass is 16.5. The van der Waals surface area contributed by atoms with Crippen LogP contribution >= 0.6 is 0 Å². The van der Waals surface area contributed by atoms with Crippen molar-refractivity contribution in [2.24, 2.45) is 5.92 Å². The fourth-order valence-electron chi connectivity index (χ4n) is 2.08. The van der Waals surface area contributed by atoms with Crippen molar-refractivity contribution in [1.29, 1.82) is 0 Å². The molecule has 1 aliphatic heterocycles. The third kappa shape index (κ3) is 0.891. The maximum Gasteiger partial charge on any atom is 0.0681 e. The van der Waals surface area contributed by atoms with Crippen molar-refractivity contribution in [3.63, 3.8) is 0 Å². The first-order valence-electron chi connectivity index (χ1n) is 4.17. The van der Waals surface area contributed by atoms with E-state index in [1.807, 2.05) is 0 Å². The predicted molar refractivity (Wildman–Crippen MR) is 40.8 cm³/mol. The van der Waals surface area contributed by atoms with Gasteiger partial charge in [0, 0.05) is 5.92 Å². The third-order valence-corrected chi connectivity index (χ3v) is 2.71. The van der Waals surface area contributed by atoms with E-state index in [0.717, 1.165) is 6.61 Å². The Morgan fingerprint density at radius 2 is 2.10 bits per heavy atom. The topological polar surface area (TPSA) is 9.23 Å². The van der Waals surface area contributed by atoms with Crippen LogP contribution in [0.1, 0.15) is 25.7 Å². The molecule has 56 valence electrons. The quantitative estimate of drug-likeness (QED) is 0.466. The largest absolute Gasteiger partial charge is 0.373 e. The van der Waals surface area contributed by atoms with Gasteiger partial charge in [0.25, 0.3) is 0 Å². The first-order valence-corrected chi connectivity index (χ1v) is 4.17. The molecule has 1 heterocycles. The molecule has 1 saturated heterocycles. The molecular formula is C9H14O. The van der Waals surface area contributed by atoms with Crippen LogP contribution in [0.15, 0.2) is 12.2 Å². The highest BCUT2D eigenvalue weighted by Gasteiger charge is 2.32. The average molecular weight is 138 g/mol. The SMILES string of the molecule is C=C1CO[C@H]2CCCC[C@@H]12. The Balaban J connectivity index is 2.08. The zero-order chi connectivity index (χ0) is 6.97. The molecule has 0 amide bonds. The summed E-state index contributed by atoms with van der Waals surface area (Å²) in [6, 6.07) is 0. The molecule has 0 N–H and O–H groups in total. The lowest BCUT2D eigenvalue weighted by Gasteiger charge is -2.23. The van der Waals surface area contributed by atoms with Crippen LogP contribution in [0.3, 0.4) is 0 Å². The van der Waals surface area contributed by atoms with Gasteiger partial charge in [0.1, 0.15) is 0 Å². The summed E-state index contributed by atoms with van der Waals surface area (Å²) in [6.07, 6.45) is 5.87. The van der Waals surface area contributed by atoms with E-state index in [2.05, 4.69) is 6.58 Å². The molecule has 1 heteroatoms. The second kappa shape index (κ2) is 2.39. The number of fused-ring (bicyclic) bond motifs is 1. The predicted octanol–water partition coefficient (Wildman–Crippen LogP) is 2.13. The van der Waals surface area contributed by atoms with E-state index >= 15 is 0 Å². The summed E-state index contributed by atoms with van der Waals surface area (Å²) in [5.41, 5.74) is 1.34. The van der Waals surface area contributed by atoms with Gasteiger partial charge in [0.15, 0.2) is 0 Å². The summed E-state index contributed by atoms with van der Waals surface area (Å²) in [5, 5.41) is 0. The van der Waals surface area contributed by atoms with Gasteiger partial charge < -0.3 is 4.74 Å². The Bertz CT molecular complexity index is 151. The number of ether oxygens (including phenoxy) is 1. The van der Waals surface area contributed by atoms with Gasteiger partial charge in [-0.25, -0.2) is 0 Å². The van der Waals surface area contributed by atoms with Crippen LogP contribution in [-0.4, -0.2) is 12.7 Å². The van der Waals surface area contributed by atoms with Gasteiger partial charge in [-0.1, -0.05) is 19.4 Å². The van der Waals surface area contributed by atoms with Gasteiger partial charge in [-0.05, 0) is 18.4 Å². The van der Waals surface area contributed by atoms with Gasteiger partial charge in [-0.3, -0.25) is 0 Å². The smallest absolute Gasteiger partial charge is 0.0681 e. The minimum Gasteiger partial charge on any atom is -0.373 e. The van der Waals surface area contributed by atoms with Crippen LogP contribution in [0, 0.1) is 5.92 Å².